The van der Waals surface area contributed by atoms with E-state index < -0.39 is 0 Å². The molecule has 116 valence electrons. The van der Waals surface area contributed by atoms with E-state index in [4.69, 9.17) is 27.9 Å². The molecule has 0 fully saturated rings. The summed E-state index contributed by atoms with van der Waals surface area (Å²) in [7, 11) is 3.97. The number of hydrogen-bond acceptors (Lipinski definition) is 2. The zero-order valence-corrected chi connectivity index (χ0v) is 14.4. The molecule has 4 heteroatoms. The first kappa shape index (κ1) is 16.0. The first-order valence-corrected chi connectivity index (χ1v) is 7.91. The molecule has 0 saturated carbocycles. The van der Waals surface area contributed by atoms with Crippen molar-refractivity contribution < 1.29 is 4.74 Å². The van der Waals surface area contributed by atoms with Gasteiger partial charge in [-0.1, -0.05) is 35.0 Å². The lowest BCUT2D eigenvalue weighted by Crippen LogP contribution is -2.10. The molecule has 0 bridgehead atoms. The Morgan fingerprint density at radius 3 is 2.43 bits per heavy atom. The molecular weight excluding hydrogens is 329 g/mol. The molecule has 2 nitrogen and oxygen atoms in total. The highest BCUT2D eigenvalue weighted by molar-refractivity contribution is 6.31. The predicted octanol–water partition coefficient (Wildman–Crippen LogP) is 5.20. The van der Waals surface area contributed by atoms with Crippen molar-refractivity contribution in [3.8, 4) is 23.3 Å². The van der Waals surface area contributed by atoms with Crippen LogP contribution in [0.2, 0.25) is 10.0 Å². The predicted molar refractivity (Wildman–Crippen MR) is 97.2 cm³/mol. The van der Waals surface area contributed by atoms with Gasteiger partial charge < -0.3 is 4.74 Å². The summed E-state index contributed by atoms with van der Waals surface area (Å²) in [6.45, 7) is 0.677. The summed E-state index contributed by atoms with van der Waals surface area (Å²) in [5.41, 5.74) is 2.65. The molecule has 1 aliphatic heterocycles. The average molecular weight is 344 g/mol. The minimum Gasteiger partial charge on any atom is -0.456 e. The Morgan fingerprint density at radius 1 is 1.00 bits per heavy atom. The van der Waals surface area contributed by atoms with Crippen LogP contribution in [0.15, 0.2) is 36.4 Å². The minimum absolute atomic E-state index is 0.650. The van der Waals surface area contributed by atoms with Gasteiger partial charge in [0.05, 0.1) is 6.54 Å². The molecule has 1 aliphatic rings. The molecule has 0 aromatic heterocycles. The van der Waals surface area contributed by atoms with Gasteiger partial charge in [0, 0.05) is 26.7 Å². The summed E-state index contributed by atoms with van der Waals surface area (Å²) < 4.78 is 6.02. The minimum atomic E-state index is 0.650. The molecule has 2 aromatic carbocycles. The molecule has 0 spiro atoms. The number of allylic oxidation sites excluding steroid dienone is 1. The zero-order chi connectivity index (χ0) is 16.4. The van der Waals surface area contributed by atoms with Crippen LogP contribution in [-0.2, 0) is 0 Å². The van der Waals surface area contributed by atoms with Crippen LogP contribution in [0.1, 0.15) is 11.1 Å². The molecule has 1 heterocycles. The highest BCUT2D eigenvalue weighted by atomic mass is 35.5. The molecule has 0 atom stereocenters. The van der Waals surface area contributed by atoms with Gasteiger partial charge in [0.15, 0.2) is 0 Å². The number of fused-ring (bicyclic) bond motifs is 2. The second-order valence-electron chi connectivity index (χ2n) is 5.52. The number of halogens is 2. The molecule has 0 radical (unpaired) electrons. The molecule has 3 rings (SSSR count). The van der Waals surface area contributed by atoms with Gasteiger partial charge in [-0.25, -0.2) is 0 Å². The van der Waals surface area contributed by atoms with E-state index in [-0.39, 0.29) is 0 Å². The van der Waals surface area contributed by atoms with E-state index in [0.717, 1.165) is 28.2 Å². The third-order valence-electron chi connectivity index (χ3n) is 3.34. The largest absolute Gasteiger partial charge is 0.456 e. The van der Waals surface area contributed by atoms with Crippen molar-refractivity contribution in [3.05, 3.63) is 57.6 Å². The van der Waals surface area contributed by atoms with E-state index in [9.17, 15) is 0 Å². The van der Waals surface area contributed by atoms with Crippen LogP contribution < -0.4 is 4.74 Å². The number of nitrogens with zero attached hydrogens (tertiary/aromatic N) is 1. The molecule has 23 heavy (non-hydrogen) atoms. The van der Waals surface area contributed by atoms with Crippen molar-refractivity contribution >= 4 is 34.9 Å². The molecule has 2 aromatic rings. The summed E-state index contributed by atoms with van der Waals surface area (Å²) in [6.07, 6.45) is 1.99. The maximum absolute atomic E-state index is 6.16. The van der Waals surface area contributed by atoms with E-state index in [1.165, 1.54) is 0 Å². The Balaban J connectivity index is 2.15. The van der Waals surface area contributed by atoms with Gasteiger partial charge in [0.1, 0.15) is 11.5 Å². The van der Waals surface area contributed by atoms with Gasteiger partial charge in [0.25, 0.3) is 0 Å². The van der Waals surface area contributed by atoms with Gasteiger partial charge in [-0.3, -0.25) is 4.90 Å². The Labute approximate surface area is 146 Å². The Morgan fingerprint density at radius 2 is 1.70 bits per heavy atom. The first-order valence-electron chi connectivity index (χ1n) is 7.15. The molecule has 0 aliphatic carbocycles. The fourth-order valence-electron chi connectivity index (χ4n) is 2.27. The average Bonchev–Trinajstić information content (AvgIpc) is 2.63. The third kappa shape index (κ3) is 3.71. The lowest BCUT2D eigenvalue weighted by molar-refractivity contribution is 0.464. The van der Waals surface area contributed by atoms with E-state index in [1.54, 1.807) is 0 Å². The van der Waals surface area contributed by atoms with E-state index in [0.29, 0.717) is 16.6 Å². The quantitative estimate of drug-likeness (QED) is 0.659. The molecule has 0 amide bonds. The summed E-state index contributed by atoms with van der Waals surface area (Å²) in [5, 5.41) is 1.31. The smallest absolute Gasteiger partial charge is 0.136 e. The number of ether oxygens (including phenoxy) is 1. The van der Waals surface area contributed by atoms with Crippen LogP contribution in [0.4, 0.5) is 0 Å². The Hall–Kier alpha value is -1.92. The maximum Gasteiger partial charge on any atom is 0.136 e. The monoisotopic (exact) mass is 343 g/mol. The van der Waals surface area contributed by atoms with Gasteiger partial charge >= 0.3 is 0 Å². The SMILES string of the molecule is CN(C)CC#CC1=Cc2cc(Cl)ccc2Oc2ccc(Cl)cc21. The van der Waals surface area contributed by atoms with Crippen molar-refractivity contribution in [3.63, 3.8) is 0 Å². The van der Waals surface area contributed by atoms with E-state index >= 15 is 0 Å². The van der Waals surface area contributed by atoms with Crippen molar-refractivity contribution in [2.24, 2.45) is 0 Å². The number of rotatable bonds is 1. The highest BCUT2D eigenvalue weighted by Crippen LogP contribution is 2.39. The number of hydrogen-bond donors (Lipinski definition) is 0. The van der Waals surface area contributed by atoms with Crippen LogP contribution >= 0.6 is 23.2 Å². The van der Waals surface area contributed by atoms with Crippen molar-refractivity contribution in [2.75, 3.05) is 20.6 Å². The molecule has 0 unspecified atom stereocenters. The van der Waals surface area contributed by atoms with Crippen molar-refractivity contribution in [1.82, 2.24) is 4.90 Å². The van der Waals surface area contributed by atoms with Gasteiger partial charge in [-0.15, -0.1) is 0 Å². The fourth-order valence-corrected chi connectivity index (χ4v) is 2.63. The van der Waals surface area contributed by atoms with Gasteiger partial charge in [-0.05, 0) is 56.6 Å². The van der Waals surface area contributed by atoms with E-state index in [2.05, 4.69) is 11.8 Å². The van der Waals surface area contributed by atoms with Crippen LogP contribution in [0.25, 0.3) is 11.6 Å². The van der Waals surface area contributed by atoms with Crippen molar-refractivity contribution in [1.29, 1.82) is 0 Å². The third-order valence-corrected chi connectivity index (χ3v) is 3.81. The Bertz CT molecular complexity index is 844. The fraction of sp³-hybridized carbons (Fsp3) is 0.158. The normalized spacial score (nSPS) is 12.3. The summed E-state index contributed by atoms with van der Waals surface area (Å²) in [5.74, 6) is 7.88. The van der Waals surface area contributed by atoms with E-state index in [1.807, 2.05) is 61.5 Å². The summed E-state index contributed by atoms with van der Waals surface area (Å²) in [6, 6.07) is 11.1. The summed E-state index contributed by atoms with van der Waals surface area (Å²) in [4.78, 5) is 2.02. The first-order chi connectivity index (χ1) is 11.0. The second kappa shape index (κ2) is 6.68. The maximum atomic E-state index is 6.16. The van der Waals surface area contributed by atoms with Crippen molar-refractivity contribution in [2.45, 2.75) is 0 Å². The van der Waals surface area contributed by atoms with Crippen LogP contribution in [-0.4, -0.2) is 25.5 Å². The molecule has 0 N–H and O–H groups in total. The Kier molecular flexibility index (Phi) is 4.63. The second-order valence-corrected chi connectivity index (χ2v) is 6.40. The number of benzene rings is 2. The topological polar surface area (TPSA) is 12.5 Å². The van der Waals surface area contributed by atoms with Crippen LogP contribution in [0.3, 0.4) is 0 Å². The standard InChI is InChI=1S/C19H15Cl2NO/c1-22(2)9-3-4-13-10-14-11-15(20)5-7-18(14)23-19-8-6-16(21)12-17(13)19/h5-8,10-12H,9H2,1-2H3. The summed E-state index contributed by atoms with van der Waals surface area (Å²) >= 11 is 12.3. The molecule has 0 saturated heterocycles. The molecular formula is C19H15Cl2NO. The van der Waals surface area contributed by atoms with Gasteiger partial charge in [0.2, 0.25) is 0 Å². The zero-order valence-electron chi connectivity index (χ0n) is 12.9. The van der Waals surface area contributed by atoms with Gasteiger partial charge in [-0.2, -0.15) is 0 Å². The highest BCUT2D eigenvalue weighted by Gasteiger charge is 2.16. The van der Waals surface area contributed by atoms with Crippen LogP contribution in [0.5, 0.6) is 11.5 Å². The lowest BCUT2D eigenvalue weighted by atomic mass is 10.0. The van der Waals surface area contributed by atoms with Crippen LogP contribution in [0, 0.1) is 11.8 Å². The lowest BCUT2D eigenvalue weighted by Gasteiger charge is -2.09.